The Morgan fingerprint density at radius 3 is 2.32 bits per heavy atom. The van der Waals surface area contributed by atoms with E-state index in [-0.39, 0.29) is 24.4 Å². The molecule has 1 aromatic carbocycles. The van der Waals surface area contributed by atoms with Gasteiger partial charge in [0, 0.05) is 28.3 Å². The van der Waals surface area contributed by atoms with E-state index in [0.29, 0.717) is 17.5 Å². The van der Waals surface area contributed by atoms with E-state index in [1.807, 2.05) is 37.7 Å². The Hall–Kier alpha value is -1.43. The van der Waals surface area contributed by atoms with Crippen molar-refractivity contribution in [2.45, 2.75) is 50.4 Å². The monoisotopic (exact) mass is 362 g/mol. The van der Waals surface area contributed by atoms with Crippen LogP contribution in [0.4, 0.5) is 4.39 Å². The number of halogens is 1. The largest absolute Gasteiger partial charge is 0.395 e. The molecule has 0 saturated carbocycles. The maximum Gasteiger partial charge on any atom is 0.146 e. The van der Waals surface area contributed by atoms with Crippen LogP contribution in [0.1, 0.15) is 33.4 Å². The minimum Gasteiger partial charge on any atom is -0.395 e. The van der Waals surface area contributed by atoms with Crippen LogP contribution in [-0.4, -0.2) is 28.0 Å². The molecule has 0 amide bonds. The Labute approximate surface area is 154 Å². The first kappa shape index (κ1) is 19.9. The van der Waals surface area contributed by atoms with E-state index in [1.165, 1.54) is 11.0 Å². The number of nitrogens with one attached hydrogen (secondary N) is 1. The standard InChI is InChI=1S/C20H27FN2OS/c1-13(2)20(12-24)22-11-19-17(21)9-10-18(23-19)15-5-7-16(8-6-15)25-14(3)4/h5-10,13-14,20,22,24H,11-12H2,1-4H3/t20-/m0/s1. The van der Waals surface area contributed by atoms with Gasteiger partial charge in [0.2, 0.25) is 0 Å². The van der Waals surface area contributed by atoms with E-state index in [2.05, 4.69) is 36.3 Å². The normalized spacial score (nSPS) is 12.8. The Morgan fingerprint density at radius 2 is 1.76 bits per heavy atom. The topological polar surface area (TPSA) is 45.1 Å². The molecule has 0 fully saturated rings. The molecule has 0 radical (unpaired) electrons. The second-order valence-electron chi connectivity index (χ2n) is 6.73. The lowest BCUT2D eigenvalue weighted by Gasteiger charge is -2.20. The third-order valence-corrected chi connectivity index (χ3v) is 4.99. The lowest BCUT2D eigenvalue weighted by molar-refractivity contribution is 0.209. The number of aromatic nitrogens is 1. The summed E-state index contributed by atoms with van der Waals surface area (Å²) in [5.41, 5.74) is 2.10. The second kappa shape index (κ2) is 9.32. The Bertz CT molecular complexity index is 674. The Kier molecular flexibility index (Phi) is 7.41. The van der Waals surface area contributed by atoms with Gasteiger partial charge in [0.05, 0.1) is 18.0 Å². The number of hydrogen-bond donors (Lipinski definition) is 2. The van der Waals surface area contributed by atoms with Crippen LogP contribution < -0.4 is 5.32 Å². The molecule has 0 saturated heterocycles. The van der Waals surface area contributed by atoms with Crippen molar-refractivity contribution < 1.29 is 9.50 Å². The van der Waals surface area contributed by atoms with Gasteiger partial charge in [0.25, 0.3) is 0 Å². The van der Waals surface area contributed by atoms with Gasteiger partial charge >= 0.3 is 0 Å². The fourth-order valence-electron chi connectivity index (χ4n) is 2.48. The SMILES string of the molecule is CC(C)Sc1ccc(-c2ccc(F)c(CN[C@@H](CO)C(C)C)n2)cc1. The van der Waals surface area contributed by atoms with Gasteiger partial charge in [-0.15, -0.1) is 11.8 Å². The zero-order valence-electron chi connectivity index (χ0n) is 15.3. The smallest absolute Gasteiger partial charge is 0.146 e. The molecular weight excluding hydrogens is 335 g/mol. The van der Waals surface area contributed by atoms with Gasteiger partial charge in [0.1, 0.15) is 5.82 Å². The van der Waals surface area contributed by atoms with Crippen molar-refractivity contribution in [3.8, 4) is 11.3 Å². The molecule has 0 bridgehead atoms. The number of nitrogens with zero attached hydrogens (tertiary/aromatic N) is 1. The molecular formula is C20H27FN2OS. The van der Waals surface area contributed by atoms with Gasteiger partial charge in [-0.3, -0.25) is 0 Å². The molecule has 0 aliphatic rings. The summed E-state index contributed by atoms with van der Waals surface area (Å²) in [6.07, 6.45) is 0. The van der Waals surface area contributed by atoms with E-state index >= 15 is 0 Å². The molecule has 0 spiro atoms. The predicted molar refractivity (Wildman–Crippen MR) is 103 cm³/mol. The van der Waals surface area contributed by atoms with Crippen molar-refractivity contribution in [2.24, 2.45) is 5.92 Å². The lowest BCUT2D eigenvalue weighted by atomic mass is 10.1. The average Bonchev–Trinajstić information content (AvgIpc) is 2.57. The molecule has 136 valence electrons. The van der Waals surface area contributed by atoms with Crippen LogP contribution >= 0.6 is 11.8 Å². The fourth-order valence-corrected chi connectivity index (χ4v) is 3.32. The summed E-state index contributed by atoms with van der Waals surface area (Å²) in [4.78, 5) is 5.69. The summed E-state index contributed by atoms with van der Waals surface area (Å²) in [6.45, 7) is 8.68. The van der Waals surface area contributed by atoms with Crippen LogP contribution in [0.2, 0.25) is 0 Å². The number of aliphatic hydroxyl groups excluding tert-OH is 1. The summed E-state index contributed by atoms with van der Waals surface area (Å²) in [5.74, 6) is -0.0640. The van der Waals surface area contributed by atoms with E-state index < -0.39 is 0 Å². The molecule has 25 heavy (non-hydrogen) atoms. The van der Waals surface area contributed by atoms with Crippen LogP contribution in [0.25, 0.3) is 11.3 Å². The molecule has 2 N–H and O–H groups in total. The fraction of sp³-hybridized carbons (Fsp3) is 0.450. The van der Waals surface area contributed by atoms with Crippen molar-refractivity contribution in [3.63, 3.8) is 0 Å². The highest BCUT2D eigenvalue weighted by Gasteiger charge is 2.14. The highest BCUT2D eigenvalue weighted by Crippen LogP contribution is 2.26. The zero-order valence-corrected chi connectivity index (χ0v) is 16.1. The second-order valence-corrected chi connectivity index (χ2v) is 8.38. The highest BCUT2D eigenvalue weighted by molar-refractivity contribution is 7.99. The van der Waals surface area contributed by atoms with Crippen LogP contribution in [0, 0.1) is 11.7 Å². The molecule has 0 aliphatic carbocycles. The van der Waals surface area contributed by atoms with Crippen LogP contribution in [0.5, 0.6) is 0 Å². The maximum absolute atomic E-state index is 14.1. The van der Waals surface area contributed by atoms with Crippen molar-refractivity contribution in [1.82, 2.24) is 10.3 Å². The number of hydrogen-bond acceptors (Lipinski definition) is 4. The molecule has 2 aromatic rings. The van der Waals surface area contributed by atoms with E-state index in [0.717, 1.165) is 11.3 Å². The zero-order chi connectivity index (χ0) is 18.4. The Morgan fingerprint density at radius 1 is 1.08 bits per heavy atom. The van der Waals surface area contributed by atoms with Gasteiger partial charge < -0.3 is 10.4 Å². The van der Waals surface area contributed by atoms with Crippen molar-refractivity contribution in [2.75, 3.05) is 6.61 Å². The van der Waals surface area contributed by atoms with Crippen molar-refractivity contribution in [1.29, 1.82) is 0 Å². The maximum atomic E-state index is 14.1. The first-order chi connectivity index (χ1) is 11.9. The number of aliphatic hydroxyl groups is 1. The summed E-state index contributed by atoms with van der Waals surface area (Å²) < 4.78 is 14.1. The van der Waals surface area contributed by atoms with Gasteiger partial charge in [-0.05, 0) is 30.2 Å². The molecule has 2 rings (SSSR count). The summed E-state index contributed by atoms with van der Waals surface area (Å²) in [7, 11) is 0. The molecule has 3 nitrogen and oxygen atoms in total. The highest BCUT2D eigenvalue weighted by atomic mass is 32.2. The van der Waals surface area contributed by atoms with Gasteiger partial charge in [0.15, 0.2) is 0 Å². The summed E-state index contributed by atoms with van der Waals surface area (Å²) in [6, 6.07) is 11.3. The minimum atomic E-state index is -0.330. The molecule has 1 heterocycles. The van der Waals surface area contributed by atoms with E-state index in [4.69, 9.17) is 0 Å². The quantitative estimate of drug-likeness (QED) is 0.679. The van der Waals surface area contributed by atoms with E-state index in [1.54, 1.807) is 6.07 Å². The lowest BCUT2D eigenvalue weighted by Crippen LogP contribution is -2.36. The van der Waals surface area contributed by atoms with Crippen LogP contribution in [-0.2, 0) is 6.54 Å². The van der Waals surface area contributed by atoms with Crippen molar-refractivity contribution >= 4 is 11.8 Å². The Balaban J connectivity index is 2.15. The average molecular weight is 363 g/mol. The third kappa shape index (κ3) is 5.80. The summed E-state index contributed by atoms with van der Waals surface area (Å²) in [5, 5.41) is 13.1. The third-order valence-electron chi connectivity index (χ3n) is 3.97. The molecule has 1 atom stereocenters. The van der Waals surface area contributed by atoms with Crippen molar-refractivity contribution in [3.05, 3.63) is 47.9 Å². The first-order valence-corrected chi connectivity index (χ1v) is 9.55. The molecule has 5 heteroatoms. The molecule has 0 aliphatic heterocycles. The molecule has 0 unspecified atom stereocenters. The van der Waals surface area contributed by atoms with E-state index in [9.17, 15) is 9.50 Å². The predicted octanol–water partition coefficient (Wildman–Crippen LogP) is 4.49. The number of pyridine rings is 1. The molecule has 1 aromatic heterocycles. The van der Waals surface area contributed by atoms with Gasteiger partial charge in [-0.1, -0.05) is 39.8 Å². The van der Waals surface area contributed by atoms with Crippen LogP contribution in [0.15, 0.2) is 41.3 Å². The minimum absolute atomic E-state index is 0.0218. The number of rotatable bonds is 8. The first-order valence-electron chi connectivity index (χ1n) is 8.67. The number of thioether (sulfide) groups is 1. The number of benzene rings is 1. The summed E-state index contributed by atoms with van der Waals surface area (Å²) >= 11 is 1.81. The van der Waals surface area contributed by atoms with Gasteiger partial charge in [-0.25, -0.2) is 9.37 Å². The van der Waals surface area contributed by atoms with Crippen LogP contribution in [0.3, 0.4) is 0 Å². The van der Waals surface area contributed by atoms with Gasteiger partial charge in [-0.2, -0.15) is 0 Å².